The van der Waals surface area contributed by atoms with Gasteiger partial charge < -0.3 is 48.6 Å². The molecule has 3 saturated heterocycles. The van der Waals surface area contributed by atoms with Crippen molar-refractivity contribution in [1.29, 1.82) is 0 Å². The average Bonchev–Trinajstić information content (AvgIpc) is 0.695. The molecular formula is C80H90N6O18. The van der Waals surface area contributed by atoms with Crippen LogP contribution in [0.15, 0.2) is 205 Å². The predicted molar refractivity (Wildman–Crippen MR) is 384 cm³/mol. The van der Waals surface area contributed by atoms with Crippen LogP contribution in [0.2, 0.25) is 0 Å². The van der Waals surface area contributed by atoms with Gasteiger partial charge in [-0.1, -0.05) is 146 Å². The molecule has 0 bridgehead atoms. The van der Waals surface area contributed by atoms with Crippen LogP contribution >= 0.6 is 0 Å². The van der Waals surface area contributed by atoms with Crippen molar-refractivity contribution < 1.29 is 77.4 Å². The summed E-state index contributed by atoms with van der Waals surface area (Å²) in [4.78, 5) is 128. The van der Waals surface area contributed by atoms with Crippen LogP contribution in [0.5, 0.6) is 0 Å². The highest BCUT2D eigenvalue weighted by atomic mass is 16.7. The molecule has 0 saturated carbocycles. The van der Waals surface area contributed by atoms with Crippen molar-refractivity contribution in [3.8, 4) is 0 Å². The predicted octanol–water partition coefficient (Wildman–Crippen LogP) is 12.0. The van der Waals surface area contributed by atoms with Crippen molar-refractivity contribution >= 4 is 47.2 Å². The SMILES string of the molecule is COCCOC(=O)C1=C(C)N(OC(=O)/C=C/C(=O)ON2C(C)C(CCCN3CCC(c4ccccc4)(c4ccccc4)CC3)(C(=O)O)C(c3cccc([N+](=O)[O-])c3)C(CCOC)(C(=O)O)C2C)C(C)=C(C(=O)OCCCN2CCC(c3ccccc3)(c3ccccc3)CC2)C1c1cccc([N+](=O)[O-])c1. The maximum atomic E-state index is 14.9. The quantitative estimate of drug-likeness (QED) is 0.0139. The molecule has 0 radical (unpaired) electrons. The zero-order chi connectivity index (χ0) is 74.3. The van der Waals surface area contributed by atoms with Gasteiger partial charge in [0.15, 0.2) is 0 Å². The van der Waals surface area contributed by atoms with Crippen LogP contribution in [0.4, 0.5) is 11.4 Å². The van der Waals surface area contributed by atoms with E-state index in [1.807, 2.05) is 72.8 Å². The molecule has 24 nitrogen and oxygen atoms in total. The van der Waals surface area contributed by atoms with Gasteiger partial charge in [-0.3, -0.25) is 29.8 Å². The molecule has 4 aliphatic rings. The number of aliphatic carboxylic acids is 2. The lowest BCUT2D eigenvalue weighted by Gasteiger charge is -2.60. The highest BCUT2D eigenvalue weighted by molar-refractivity contribution is 6.00. The second-order valence-electron chi connectivity index (χ2n) is 27.2. The summed E-state index contributed by atoms with van der Waals surface area (Å²) in [5.74, 6) is -10.4. The normalized spacial score (nSPS) is 22.2. The fourth-order valence-electron chi connectivity index (χ4n) is 16.6. The second kappa shape index (κ2) is 33.9. The van der Waals surface area contributed by atoms with Crippen LogP contribution in [0, 0.1) is 31.1 Å². The number of hydrogen-bond donors (Lipinski definition) is 2. The lowest BCUT2D eigenvalue weighted by atomic mass is 9.49. The van der Waals surface area contributed by atoms with Crippen LogP contribution in [-0.2, 0) is 68.2 Å². The van der Waals surface area contributed by atoms with E-state index in [9.17, 15) is 59.2 Å². The lowest BCUT2D eigenvalue weighted by Crippen LogP contribution is -2.71. The number of carboxylic acid groups (broad SMARTS) is 2. The molecule has 0 aliphatic carbocycles. The average molecular weight is 1420 g/mol. The Bertz CT molecular complexity index is 4070. The molecule has 2 N–H and O–H groups in total. The fourth-order valence-corrected chi connectivity index (χ4v) is 16.6. The van der Waals surface area contributed by atoms with Crippen LogP contribution in [0.3, 0.4) is 0 Å². The van der Waals surface area contributed by atoms with E-state index in [0.717, 1.165) is 48.9 Å². The van der Waals surface area contributed by atoms with E-state index in [1.54, 1.807) is 0 Å². The number of nitro groups is 2. The Balaban J connectivity index is 0.925. The van der Waals surface area contributed by atoms with Gasteiger partial charge in [0.25, 0.3) is 11.4 Å². The Morgan fingerprint density at radius 1 is 0.500 bits per heavy atom. The molecule has 104 heavy (non-hydrogen) atoms. The minimum absolute atomic E-state index is 0.0421. The van der Waals surface area contributed by atoms with Gasteiger partial charge in [0.1, 0.15) is 6.61 Å². The number of carbonyl (C=O) groups is 6. The van der Waals surface area contributed by atoms with E-state index in [1.165, 1.54) is 113 Å². The zero-order valence-electron chi connectivity index (χ0n) is 59.5. The number of methoxy groups -OCH3 is 2. The van der Waals surface area contributed by atoms with Gasteiger partial charge in [-0.15, -0.1) is 5.06 Å². The first-order chi connectivity index (χ1) is 50.1. The molecule has 0 amide bonds. The summed E-state index contributed by atoms with van der Waals surface area (Å²) in [6, 6.07) is 49.3. The molecule has 6 aromatic carbocycles. The fraction of sp³-hybridized carbons (Fsp3) is 0.400. The van der Waals surface area contributed by atoms with Crippen molar-refractivity contribution in [1.82, 2.24) is 19.9 Å². The van der Waals surface area contributed by atoms with Gasteiger partial charge in [-0.05, 0) is 145 Å². The van der Waals surface area contributed by atoms with Gasteiger partial charge in [-0.2, -0.15) is 5.06 Å². The number of piperidine rings is 3. The molecule has 6 aromatic rings. The minimum atomic E-state index is -2.21. The first-order valence-corrected chi connectivity index (χ1v) is 35.1. The van der Waals surface area contributed by atoms with Gasteiger partial charge >= 0.3 is 35.8 Å². The Morgan fingerprint density at radius 2 is 0.894 bits per heavy atom. The first-order valence-electron chi connectivity index (χ1n) is 35.1. The van der Waals surface area contributed by atoms with Crippen LogP contribution < -0.4 is 0 Å². The molecule has 10 rings (SSSR count). The van der Waals surface area contributed by atoms with Crippen molar-refractivity contribution in [3.63, 3.8) is 0 Å². The molecule has 0 aromatic heterocycles. The van der Waals surface area contributed by atoms with Gasteiger partial charge in [0.2, 0.25) is 0 Å². The number of nitrogens with zero attached hydrogens (tertiary/aromatic N) is 6. The van der Waals surface area contributed by atoms with E-state index in [0.29, 0.717) is 44.8 Å². The van der Waals surface area contributed by atoms with Crippen LogP contribution in [-0.4, -0.2) is 168 Å². The van der Waals surface area contributed by atoms with Crippen molar-refractivity contribution in [2.75, 3.05) is 79.9 Å². The smallest absolute Gasteiger partial charge is 0.356 e. The van der Waals surface area contributed by atoms with Crippen molar-refractivity contribution in [2.24, 2.45) is 10.8 Å². The second-order valence-corrected chi connectivity index (χ2v) is 27.2. The Labute approximate surface area is 604 Å². The number of likely N-dealkylation sites (tertiary alicyclic amines) is 2. The van der Waals surface area contributed by atoms with Gasteiger partial charge in [-0.25, -0.2) is 19.2 Å². The molecular weight excluding hydrogens is 1330 g/mol. The summed E-state index contributed by atoms with van der Waals surface area (Å²) in [6.07, 6.45) is 4.53. The van der Waals surface area contributed by atoms with Gasteiger partial charge in [0, 0.05) is 80.5 Å². The summed E-state index contributed by atoms with van der Waals surface area (Å²) in [7, 11) is 2.74. The Morgan fingerprint density at radius 3 is 1.32 bits per heavy atom. The van der Waals surface area contributed by atoms with E-state index in [4.69, 9.17) is 28.6 Å². The Kier molecular flexibility index (Phi) is 24.9. The molecule has 6 atom stereocenters. The molecule has 4 heterocycles. The number of benzene rings is 6. The molecule has 3 fully saturated rings. The third-order valence-electron chi connectivity index (χ3n) is 21.9. The minimum Gasteiger partial charge on any atom is -0.481 e. The largest absolute Gasteiger partial charge is 0.481 e. The number of non-ortho nitro benzene ring substituents is 2. The number of nitro benzene ring substituents is 2. The standard InChI is InChI=1S/C80H90N6O18/c1-55-69(73(89)101-49-22-44-82-47-40-78(41-48-82,63-29-15-9-16-30-63)64-31-17-10-18-32-64)71(59-23-19-33-65(53-59)85(95)96)70(74(90)102-52-51-100-6)56(2)83(55)103-67(87)35-36-68(88)104-84-57(3)79(75(91)92,72(60-24-20-34-66(54-60)86(97)98)80(58(84)4,76(93)94)42-50-99-5)37-21-43-81-45-38-77(39-46-81,61-25-11-7-12-26-61)62-27-13-8-14-28-62/h7-20,23-36,53-54,57-58,71-72H,21-22,37-52H2,1-6H3,(H,91,92)(H,93,94)/b36-35+. The zero-order valence-corrected chi connectivity index (χ0v) is 59.5. The van der Waals surface area contributed by atoms with E-state index in [2.05, 4.69) is 58.3 Å². The number of allylic oxidation sites excluding steroid dienone is 2. The third kappa shape index (κ3) is 15.8. The van der Waals surface area contributed by atoms with E-state index in [-0.39, 0.29) is 95.9 Å². The molecule has 24 heteroatoms. The third-order valence-corrected chi connectivity index (χ3v) is 21.9. The molecule has 6 unspecified atom stereocenters. The maximum Gasteiger partial charge on any atom is 0.356 e. The van der Waals surface area contributed by atoms with Gasteiger partial charge in [0.05, 0.1) is 74.4 Å². The number of carbonyl (C=O) groups excluding carboxylic acids is 4. The molecule has 0 spiro atoms. The first kappa shape index (κ1) is 76.4. The topological polar surface area (TPSA) is 297 Å². The van der Waals surface area contributed by atoms with Crippen molar-refractivity contribution in [2.45, 2.75) is 114 Å². The molecule has 4 aliphatic heterocycles. The highest BCUT2D eigenvalue weighted by Crippen LogP contribution is 2.62. The van der Waals surface area contributed by atoms with E-state index < -0.39 is 86.1 Å². The summed E-state index contributed by atoms with van der Waals surface area (Å²) >= 11 is 0. The van der Waals surface area contributed by atoms with E-state index >= 15 is 0 Å². The Hall–Kier alpha value is -10.2. The number of carboxylic acids is 2. The number of ether oxygens (including phenoxy) is 4. The summed E-state index contributed by atoms with van der Waals surface area (Å²) in [5, 5.41) is 50.5. The summed E-state index contributed by atoms with van der Waals surface area (Å²) in [6.45, 7) is 8.83. The van der Waals surface area contributed by atoms with Crippen LogP contribution in [0.1, 0.15) is 124 Å². The highest BCUT2D eigenvalue weighted by Gasteiger charge is 2.70. The maximum absolute atomic E-state index is 14.9. The molecule has 548 valence electrons. The number of hydrogen-bond acceptors (Lipinski definition) is 20. The number of esters is 2. The lowest BCUT2D eigenvalue weighted by molar-refractivity contribution is -0.385. The summed E-state index contributed by atoms with van der Waals surface area (Å²) < 4.78 is 22.4. The number of hydroxylamine groups is 4. The van der Waals surface area contributed by atoms with Crippen LogP contribution in [0.25, 0.3) is 0 Å². The summed E-state index contributed by atoms with van der Waals surface area (Å²) in [5.41, 5.74) is -1.34. The van der Waals surface area contributed by atoms with Crippen molar-refractivity contribution in [3.05, 3.63) is 258 Å². The monoisotopic (exact) mass is 1420 g/mol. The number of rotatable bonds is 30.